The second-order valence-electron chi connectivity index (χ2n) is 4.96. The number of aromatic nitrogens is 1. The molecule has 0 saturated carbocycles. The summed E-state index contributed by atoms with van der Waals surface area (Å²) in [7, 11) is 0. The topological polar surface area (TPSA) is 36.4 Å². The van der Waals surface area contributed by atoms with E-state index in [4.69, 9.17) is 0 Å². The molecule has 3 nitrogen and oxygen atoms in total. The van der Waals surface area contributed by atoms with Crippen LogP contribution in [-0.4, -0.2) is 40.7 Å². The van der Waals surface area contributed by atoms with Crippen LogP contribution in [0.25, 0.3) is 0 Å². The lowest BCUT2D eigenvalue weighted by Gasteiger charge is -2.36. The number of aliphatic hydroxyl groups excluding tert-OH is 1. The smallest absolute Gasteiger partial charge is 0.141 e. The lowest BCUT2D eigenvalue weighted by Crippen LogP contribution is -2.42. The van der Waals surface area contributed by atoms with E-state index in [9.17, 15) is 9.50 Å². The van der Waals surface area contributed by atoms with Crippen LogP contribution in [-0.2, 0) is 0 Å². The van der Waals surface area contributed by atoms with E-state index in [-0.39, 0.29) is 18.5 Å². The molecule has 1 aromatic heterocycles. The van der Waals surface area contributed by atoms with Crippen LogP contribution in [0.4, 0.5) is 4.39 Å². The van der Waals surface area contributed by atoms with Crippen molar-refractivity contribution < 1.29 is 9.50 Å². The molecule has 1 aliphatic heterocycles. The normalized spacial score (nSPS) is 19.9. The van der Waals surface area contributed by atoms with Crippen LogP contribution in [0.5, 0.6) is 0 Å². The standard InChI is InChI=1S/C14H21FN2O/c1-2-13(10-18)17-7-5-11(6-8-17)14-4-3-12(15)9-16-14/h3-4,9,11,13,18H,2,5-8,10H2,1H3. The Hall–Kier alpha value is -1.00. The van der Waals surface area contributed by atoms with Gasteiger partial charge in [-0.1, -0.05) is 6.92 Å². The molecule has 2 heterocycles. The molecular weight excluding hydrogens is 231 g/mol. The number of pyridine rings is 1. The summed E-state index contributed by atoms with van der Waals surface area (Å²) in [5.41, 5.74) is 0.994. The second-order valence-corrected chi connectivity index (χ2v) is 4.96. The molecule has 0 amide bonds. The fourth-order valence-corrected chi connectivity index (χ4v) is 2.69. The van der Waals surface area contributed by atoms with E-state index in [1.165, 1.54) is 12.3 Å². The van der Waals surface area contributed by atoms with E-state index in [0.717, 1.165) is 38.0 Å². The number of likely N-dealkylation sites (tertiary alicyclic amines) is 1. The largest absolute Gasteiger partial charge is 0.395 e. The maximum atomic E-state index is 12.8. The fraction of sp³-hybridized carbons (Fsp3) is 0.643. The number of rotatable bonds is 4. The van der Waals surface area contributed by atoms with Gasteiger partial charge in [0.15, 0.2) is 0 Å². The van der Waals surface area contributed by atoms with Crippen molar-refractivity contribution in [3.63, 3.8) is 0 Å². The Morgan fingerprint density at radius 2 is 2.17 bits per heavy atom. The Kier molecular flexibility index (Phi) is 4.66. The SMILES string of the molecule is CCC(CO)N1CCC(c2ccc(F)cn2)CC1. The van der Waals surface area contributed by atoms with Crippen molar-refractivity contribution in [1.82, 2.24) is 9.88 Å². The van der Waals surface area contributed by atoms with Crippen molar-refractivity contribution in [3.8, 4) is 0 Å². The predicted molar refractivity (Wildman–Crippen MR) is 68.9 cm³/mol. The van der Waals surface area contributed by atoms with Crippen molar-refractivity contribution >= 4 is 0 Å². The van der Waals surface area contributed by atoms with Crippen LogP contribution in [0.3, 0.4) is 0 Å². The molecule has 0 bridgehead atoms. The van der Waals surface area contributed by atoms with E-state index >= 15 is 0 Å². The molecule has 4 heteroatoms. The third-order valence-electron chi connectivity index (χ3n) is 3.90. The molecule has 1 fully saturated rings. The van der Waals surface area contributed by atoms with Gasteiger partial charge in [-0.3, -0.25) is 9.88 Å². The highest BCUT2D eigenvalue weighted by Gasteiger charge is 2.25. The summed E-state index contributed by atoms with van der Waals surface area (Å²) in [6, 6.07) is 3.56. The van der Waals surface area contributed by atoms with Gasteiger partial charge in [-0.2, -0.15) is 0 Å². The summed E-state index contributed by atoms with van der Waals surface area (Å²) < 4.78 is 12.8. The predicted octanol–water partition coefficient (Wildman–Crippen LogP) is 2.17. The van der Waals surface area contributed by atoms with E-state index in [1.54, 1.807) is 6.07 Å². The fourth-order valence-electron chi connectivity index (χ4n) is 2.69. The maximum absolute atomic E-state index is 12.8. The quantitative estimate of drug-likeness (QED) is 0.892. The van der Waals surface area contributed by atoms with Crippen molar-refractivity contribution in [2.75, 3.05) is 19.7 Å². The molecule has 2 rings (SSSR count). The highest BCUT2D eigenvalue weighted by Crippen LogP contribution is 2.27. The Bertz CT molecular complexity index is 357. The van der Waals surface area contributed by atoms with Crippen LogP contribution in [0.1, 0.15) is 37.8 Å². The van der Waals surface area contributed by atoms with Gasteiger partial charge in [-0.25, -0.2) is 4.39 Å². The van der Waals surface area contributed by atoms with Crippen molar-refractivity contribution in [2.24, 2.45) is 0 Å². The van der Waals surface area contributed by atoms with Crippen LogP contribution >= 0.6 is 0 Å². The molecule has 1 N–H and O–H groups in total. The van der Waals surface area contributed by atoms with E-state index in [1.807, 2.05) is 0 Å². The monoisotopic (exact) mass is 252 g/mol. The third kappa shape index (κ3) is 3.06. The number of hydrogen-bond donors (Lipinski definition) is 1. The Morgan fingerprint density at radius 1 is 1.44 bits per heavy atom. The lowest BCUT2D eigenvalue weighted by atomic mass is 9.92. The van der Waals surface area contributed by atoms with Gasteiger partial charge in [-0.05, 0) is 44.5 Å². The summed E-state index contributed by atoms with van der Waals surface area (Å²) in [4.78, 5) is 6.52. The number of halogens is 1. The lowest BCUT2D eigenvalue weighted by molar-refractivity contribution is 0.0948. The van der Waals surface area contributed by atoms with Gasteiger partial charge >= 0.3 is 0 Å². The minimum atomic E-state index is -0.275. The zero-order chi connectivity index (χ0) is 13.0. The first-order chi connectivity index (χ1) is 8.74. The van der Waals surface area contributed by atoms with E-state index in [2.05, 4.69) is 16.8 Å². The summed E-state index contributed by atoms with van der Waals surface area (Å²) in [5, 5.41) is 9.30. The number of hydrogen-bond acceptors (Lipinski definition) is 3. The molecule has 1 atom stereocenters. The van der Waals surface area contributed by atoms with Crippen LogP contribution in [0.15, 0.2) is 18.3 Å². The molecule has 1 aliphatic rings. The Labute approximate surface area is 108 Å². The van der Waals surface area contributed by atoms with Gasteiger partial charge in [0.25, 0.3) is 0 Å². The third-order valence-corrected chi connectivity index (χ3v) is 3.90. The average Bonchev–Trinajstić information content (AvgIpc) is 2.42. The maximum Gasteiger partial charge on any atom is 0.141 e. The molecule has 1 unspecified atom stereocenters. The van der Waals surface area contributed by atoms with Crippen molar-refractivity contribution in [3.05, 3.63) is 29.8 Å². The minimum absolute atomic E-state index is 0.232. The van der Waals surface area contributed by atoms with Crippen LogP contribution in [0.2, 0.25) is 0 Å². The van der Waals surface area contributed by atoms with Gasteiger partial charge < -0.3 is 5.11 Å². The molecule has 18 heavy (non-hydrogen) atoms. The zero-order valence-electron chi connectivity index (χ0n) is 10.8. The van der Waals surface area contributed by atoms with E-state index < -0.39 is 0 Å². The van der Waals surface area contributed by atoms with Crippen LogP contribution < -0.4 is 0 Å². The second kappa shape index (κ2) is 6.25. The molecule has 1 saturated heterocycles. The van der Waals surface area contributed by atoms with E-state index in [0.29, 0.717) is 5.92 Å². The first-order valence-electron chi connectivity index (χ1n) is 6.71. The van der Waals surface area contributed by atoms with Crippen LogP contribution in [0, 0.1) is 5.82 Å². The minimum Gasteiger partial charge on any atom is -0.395 e. The highest BCUT2D eigenvalue weighted by molar-refractivity contribution is 5.11. The highest BCUT2D eigenvalue weighted by atomic mass is 19.1. The van der Waals surface area contributed by atoms with Gasteiger partial charge in [0.05, 0.1) is 12.8 Å². The zero-order valence-corrected chi connectivity index (χ0v) is 10.8. The first kappa shape index (κ1) is 13.4. The van der Waals surface area contributed by atoms with Gasteiger partial charge in [-0.15, -0.1) is 0 Å². The number of piperidine rings is 1. The molecule has 100 valence electrons. The first-order valence-corrected chi connectivity index (χ1v) is 6.71. The molecule has 0 spiro atoms. The molecule has 1 aromatic rings. The average molecular weight is 252 g/mol. The Morgan fingerprint density at radius 3 is 2.67 bits per heavy atom. The molecule has 0 aliphatic carbocycles. The molecular formula is C14H21FN2O. The molecule has 0 radical (unpaired) electrons. The van der Waals surface area contributed by atoms with Crippen molar-refractivity contribution in [1.29, 1.82) is 0 Å². The number of aliphatic hydroxyl groups is 1. The molecule has 0 aromatic carbocycles. The Balaban J connectivity index is 1.92. The van der Waals surface area contributed by atoms with Gasteiger partial charge in [0, 0.05) is 17.7 Å². The number of nitrogens with zero attached hydrogens (tertiary/aromatic N) is 2. The van der Waals surface area contributed by atoms with Gasteiger partial charge in [0.1, 0.15) is 5.82 Å². The van der Waals surface area contributed by atoms with Crippen molar-refractivity contribution in [2.45, 2.75) is 38.1 Å². The summed E-state index contributed by atoms with van der Waals surface area (Å²) in [6.07, 6.45) is 4.35. The summed E-state index contributed by atoms with van der Waals surface area (Å²) in [6.45, 7) is 4.32. The summed E-state index contributed by atoms with van der Waals surface area (Å²) >= 11 is 0. The summed E-state index contributed by atoms with van der Waals surface area (Å²) in [5.74, 6) is 0.153. The van der Waals surface area contributed by atoms with Gasteiger partial charge in [0.2, 0.25) is 0 Å².